The zero-order valence-electron chi connectivity index (χ0n) is 18.1. The maximum absolute atomic E-state index is 13.2. The van der Waals surface area contributed by atoms with Gasteiger partial charge in [-0.05, 0) is 54.8 Å². The molecular weight excluding hydrogens is 483 g/mol. The summed E-state index contributed by atoms with van der Waals surface area (Å²) in [6.07, 6.45) is 0.152. The van der Waals surface area contributed by atoms with Gasteiger partial charge in [-0.1, -0.05) is 65.7 Å². The van der Waals surface area contributed by atoms with Crippen molar-refractivity contribution in [3.05, 3.63) is 94.0 Å². The molecule has 3 aromatic carbocycles. The lowest BCUT2D eigenvalue weighted by atomic mass is 10.0. The monoisotopic (exact) mass is 506 g/mol. The third kappa shape index (κ3) is 6.71. The Morgan fingerprint density at radius 2 is 1.67 bits per heavy atom. The summed E-state index contributed by atoms with van der Waals surface area (Å²) in [5, 5.41) is 3.12. The molecule has 0 saturated carbocycles. The smallest absolute Gasteiger partial charge is 0.242 e. The van der Waals surface area contributed by atoms with E-state index in [4.69, 9.17) is 27.9 Å². The van der Waals surface area contributed by atoms with Gasteiger partial charge in [0, 0.05) is 5.02 Å². The highest BCUT2D eigenvalue weighted by atomic mass is 35.5. The molecule has 9 heteroatoms. The molecule has 1 amide bonds. The summed E-state index contributed by atoms with van der Waals surface area (Å²) < 4.78 is 33.8. The van der Waals surface area contributed by atoms with Crippen LogP contribution in [0.2, 0.25) is 10.0 Å². The van der Waals surface area contributed by atoms with Crippen molar-refractivity contribution in [1.29, 1.82) is 0 Å². The molecule has 0 heterocycles. The molecule has 2 N–H and O–H groups in total. The van der Waals surface area contributed by atoms with Gasteiger partial charge >= 0.3 is 0 Å². The number of halogens is 2. The summed E-state index contributed by atoms with van der Waals surface area (Å²) in [5.41, 5.74) is 1.65. The first-order valence-electron chi connectivity index (χ1n) is 10.1. The fraction of sp³-hybridized carbons (Fsp3) is 0.208. The topological polar surface area (TPSA) is 84.5 Å². The highest BCUT2D eigenvalue weighted by Crippen LogP contribution is 2.25. The van der Waals surface area contributed by atoms with Crippen molar-refractivity contribution in [3.63, 3.8) is 0 Å². The van der Waals surface area contributed by atoms with Crippen molar-refractivity contribution >= 4 is 39.1 Å². The Labute approximate surface area is 203 Å². The SMILES string of the molecule is COc1ccc([C@H](C)NC(=O)[C@@H](Cc2ccccc2)NS(=O)(=O)c2cc(Cl)ccc2Cl)cc1. The zero-order valence-corrected chi connectivity index (χ0v) is 20.4. The maximum atomic E-state index is 13.2. The second-order valence-corrected chi connectivity index (χ2v) is 9.97. The van der Waals surface area contributed by atoms with Crippen molar-refractivity contribution in [1.82, 2.24) is 10.0 Å². The molecule has 3 rings (SSSR count). The minimum absolute atomic E-state index is 0.0115. The van der Waals surface area contributed by atoms with Gasteiger partial charge in [-0.25, -0.2) is 8.42 Å². The minimum atomic E-state index is -4.13. The predicted octanol–water partition coefficient (Wildman–Crippen LogP) is 4.77. The Morgan fingerprint density at radius 3 is 2.30 bits per heavy atom. The first-order chi connectivity index (χ1) is 15.7. The summed E-state index contributed by atoms with van der Waals surface area (Å²) in [5.74, 6) is 0.231. The van der Waals surface area contributed by atoms with Gasteiger partial charge in [-0.15, -0.1) is 0 Å². The largest absolute Gasteiger partial charge is 0.497 e. The Balaban J connectivity index is 1.85. The molecule has 0 bridgehead atoms. The third-order valence-corrected chi connectivity index (χ3v) is 7.24. The molecule has 33 heavy (non-hydrogen) atoms. The Morgan fingerprint density at radius 1 is 1.00 bits per heavy atom. The van der Waals surface area contributed by atoms with E-state index in [1.54, 1.807) is 19.2 Å². The van der Waals surface area contributed by atoms with Crippen molar-refractivity contribution in [2.24, 2.45) is 0 Å². The van der Waals surface area contributed by atoms with Gasteiger partial charge in [-0.2, -0.15) is 4.72 Å². The molecule has 2 atom stereocenters. The third-order valence-electron chi connectivity index (χ3n) is 5.05. The van der Waals surface area contributed by atoms with Crippen molar-refractivity contribution in [3.8, 4) is 5.75 Å². The van der Waals surface area contributed by atoms with Gasteiger partial charge in [0.15, 0.2) is 0 Å². The number of methoxy groups -OCH3 is 1. The van der Waals surface area contributed by atoms with Crippen molar-refractivity contribution in [2.45, 2.75) is 30.3 Å². The lowest BCUT2D eigenvalue weighted by Crippen LogP contribution is -2.48. The molecule has 0 unspecified atom stereocenters. The van der Waals surface area contributed by atoms with Gasteiger partial charge in [0.25, 0.3) is 0 Å². The Kier molecular flexibility index (Phi) is 8.37. The number of rotatable bonds is 9. The molecule has 0 aliphatic rings. The normalized spacial score (nSPS) is 13.2. The van der Waals surface area contributed by atoms with Crippen molar-refractivity contribution < 1.29 is 17.9 Å². The number of carbonyl (C=O) groups is 1. The fourth-order valence-electron chi connectivity index (χ4n) is 3.26. The second-order valence-electron chi connectivity index (χ2n) is 7.44. The molecule has 0 saturated heterocycles. The molecule has 0 aromatic heterocycles. The number of sulfonamides is 1. The fourth-order valence-corrected chi connectivity index (χ4v) is 5.22. The minimum Gasteiger partial charge on any atom is -0.497 e. The van der Waals surface area contributed by atoms with Crippen LogP contribution in [0.5, 0.6) is 5.75 Å². The van der Waals surface area contributed by atoms with Gasteiger partial charge in [0.05, 0.1) is 18.2 Å². The standard InChI is InChI=1S/C24H24Cl2N2O4S/c1-16(18-8-11-20(32-2)12-9-18)27-24(29)22(14-17-6-4-3-5-7-17)28-33(30,31)23-15-19(25)10-13-21(23)26/h3-13,15-16,22,28H,14H2,1-2H3,(H,27,29)/t16-,22+/m0/s1. The summed E-state index contributed by atoms with van der Waals surface area (Å²) in [6, 6.07) is 19.1. The van der Waals surface area contributed by atoms with Gasteiger partial charge in [0.1, 0.15) is 16.7 Å². The van der Waals surface area contributed by atoms with Gasteiger partial charge < -0.3 is 10.1 Å². The number of hydrogen-bond acceptors (Lipinski definition) is 4. The van der Waals surface area contributed by atoms with Crippen molar-refractivity contribution in [2.75, 3.05) is 7.11 Å². The van der Waals surface area contributed by atoms with Crippen LogP contribution in [0.1, 0.15) is 24.1 Å². The number of ether oxygens (including phenoxy) is 1. The molecule has 0 spiro atoms. The quantitative estimate of drug-likeness (QED) is 0.437. The van der Waals surface area contributed by atoms with Crippen LogP contribution in [-0.4, -0.2) is 27.5 Å². The summed E-state index contributed by atoms with van der Waals surface area (Å²) in [7, 11) is -2.55. The van der Waals surface area contributed by atoms with Crippen LogP contribution in [-0.2, 0) is 21.2 Å². The first kappa shape index (κ1) is 25.1. The van der Waals surface area contributed by atoms with Crippen LogP contribution in [0.15, 0.2) is 77.7 Å². The zero-order chi connectivity index (χ0) is 24.0. The van der Waals surface area contributed by atoms with Crippen LogP contribution in [0, 0.1) is 0 Å². The number of benzene rings is 3. The van der Waals surface area contributed by atoms with Crippen LogP contribution in [0.4, 0.5) is 0 Å². The molecule has 0 aliphatic carbocycles. The Hall–Kier alpha value is -2.58. The van der Waals surface area contributed by atoms with E-state index in [1.807, 2.05) is 49.4 Å². The highest BCUT2D eigenvalue weighted by Gasteiger charge is 2.28. The Bertz CT molecular complexity index is 1200. The molecule has 174 valence electrons. The molecule has 0 aliphatic heterocycles. The summed E-state index contributed by atoms with van der Waals surface area (Å²) in [4.78, 5) is 13.0. The van der Waals surface area contributed by atoms with E-state index in [0.29, 0.717) is 5.75 Å². The van der Waals surface area contributed by atoms with Gasteiger partial charge in [0.2, 0.25) is 15.9 Å². The second kappa shape index (κ2) is 11.0. The number of nitrogens with one attached hydrogen (secondary N) is 2. The van der Waals surface area contributed by atoms with E-state index in [9.17, 15) is 13.2 Å². The van der Waals surface area contributed by atoms with Crippen LogP contribution >= 0.6 is 23.2 Å². The van der Waals surface area contributed by atoms with E-state index in [-0.39, 0.29) is 27.4 Å². The molecular formula is C24H24Cl2N2O4S. The van der Waals surface area contributed by atoms with E-state index in [2.05, 4.69) is 10.0 Å². The molecule has 3 aromatic rings. The number of carbonyl (C=O) groups excluding carboxylic acids is 1. The van der Waals surface area contributed by atoms with E-state index >= 15 is 0 Å². The average molecular weight is 507 g/mol. The molecule has 0 fully saturated rings. The summed E-state index contributed by atoms with van der Waals surface area (Å²) >= 11 is 12.1. The molecule has 6 nitrogen and oxygen atoms in total. The number of amides is 1. The lowest BCUT2D eigenvalue weighted by molar-refractivity contribution is -0.123. The van der Waals surface area contributed by atoms with Crippen LogP contribution in [0.25, 0.3) is 0 Å². The van der Waals surface area contributed by atoms with Crippen LogP contribution < -0.4 is 14.8 Å². The molecule has 0 radical (unpaired) electrons. The lowest BCUT2D eigenvalue weighted by Gasteiger charge is -2.22. The summed E-state index contributed by atoms with van der Waals surface area (Å²) in [6.45, 7) is 1.82. The van der Waals surface area contributed by atoms with Crippen LogP contribution in [0.3, 0.4) is 0 Å². The first-order valence-corrected chi connectivity index (χ1v) is 12.4. The maximum Gasteiger partial charge on any atom is 0.242 e. The van der Waals surface area contributed by atoms with E-state index in [0.717, 1.165) is 11.1 Å². The highest BCUT2D eigenvalue weighted by molar-refractivity contribution is 7.89. The van der Waals surface area contributed by atoms with E-state index < -0.39 is 22.0 Å². The average Bonchev–Trinajstić information content (AvgIpc) is 2.80. The van der Waals surface area contributed by atoms with E-state index in [1.165, 1.54) is 18.2 Å². The number of hydrogen-bond donors (Lipinski definition) is 2. The van der Waals surface area contributed by atoms with Gasteiger partial charge in [-0.3, -0.25) is 4.79 Å². The predicted molar refractivity (Wildman–Crippen MR) is 130 cm³/mol.